The molecule has 0 N–H and O–H groups in total. The van der Waals surface area contributed by atoms with Gasteiger partial charge in [-0.15, -0.1) is 0 Å². The zero-order valence-electron chi connectivity index (χ0n) is 8.24. The molecular weight excluding hydrogens is 242 g/mol. The molecule has 0 aromatic heterocycles. The first-order valence-corrected chi connectivity index (χ1v) is 5.38. The summed E-state index contributed by atoms with van der Waals surface area (Å²) >= 11 is 3.39. The topological polar surface area (TPSA) is 20.3 Å². The Morgan fingerprint density at radius 2 is 2.00 bits per heavy atom. The summed E-state index contributed by atoms with van der Waals surface area (Å²) in [5, 5.41) is 0. The molecule has 0 fully saturated rings. The quantitative estimate of drug-likeness (QED) is 0.752. The SMILES string of the molecule is CN(CC=O)CCc1ccc(Br)cc1. The molecule has 0 saturated heterocycles. The highest BCUT2D eigenvalue weighted by molar-refractivity contribution is 9.10. The number of benzene rings is 1. The van der Waals surface area contributed by atoms with Crippen LogP contribution in [-0.2, 0) is 11.2 Å². The standard InChI is InChI=1S/C11H14BrNO/c1-13(8-9-14)7-6-10-2-4-11(12)5-3-10/h2-5,9H,6-8H2,1H3. The van der Waals surface area contributed by atoms with E-state index in [9.17, 15) is 4.79 Å². The van der Waals surface area contributed by atoms with Crippen LogP contribution in [-0.4, -0.2) is 31.3 Å². The fourth-order valence-corrected chi connectivity index (χ4v) is 1.45. The van der Waals surface area contributed by atoms with Crippen molar-refractivity contribution in [3.05, 3.63) is 34.3 Å². The summed E-state index contributed by atoms with van der Waals surface area (Å²) < 4.78 is 1.10. The van der Waals surface area contributed by atoms with Crippen molar-refractivity contribution in [2.75, 3.05) is 20.1 Å². The zero-order chi connectivity index (χ0) is 10.4. The Bertz CT molecular complexity index is 284. The van der Waals surface area contributed by atoms with Gasteiger partial charge in [-0.25, -0.2) is 0 Å². The largest absolute Gasteiger partial charge is 0.302 e. The van der Waals surface area contributed by atoms with E-state index in [1.807, 2.05) is 24.1 Å². The Morgan fingerprint density at radius 1 is 1.36 bits per heavy atom. The van der Waals surface area contributed by atoms with Gasteiger partial charge in [-0.1, -0.05) is 28.1 Å². The van der Waals surface area contributed by atoms with Crippen LogP contribution in [0.4, 0.5) is 0 Å². The Balaban J connectivity index is 2.37. The number of carbonyl (C=O) groups excluding carboxylic acids is 1. The maximum Gasteiger partial charge on any atom is 0.133 e. The molecule has 1 aromatic rings. The van der Waals surface area contributed by atoms with E-state index in [-0.39, 0.29) is 0 Å². The molecular formula is C11H14BrNO. The Kier molecular flexibility index (Phi) is 4.84. The van der Waals surface area contributed by atoms with Crippen LogP contribution in [0.15, 0.2) is 28.7 Å². The van der Waals surface area contributed by atoms with Crippen molar-refractivity contribution in [3.8, 4) is 0 Å². The van der Waals surface area contributed by atoms with Crippen LogP contribution < -0.4 is 0 Å². The van der Waals surface area contributed by atoms with Gasteiger partial charge in [0.05, 0.1) is 6.54 Å². The number of carbonyl (C=O) groups is 1. The number of halogens is 1. The molecule has 0 atom stereocenters. The van der Waals surface area contributed by atoms with Gasteiger partial charge in [0.25, 0.3) is 0 Å². The second kappa shape index (κ2) is 5.94. The summed E-state index contributed by atoms with van der Waals surface area (Å²) in [7, 11) is 1.95. The van der Waals surface area contributed by atoms with Crippen LogP contribution in [0.3, 0.4) is 0 Å². The van der Waals surface area contributed by atoms with Crippen molar-refractivity contribution < 1.29 is 4.79 Å². The van der Waals surface area contributed by atoms with E-state index in [4.69, 9.17) is 0 Å². The molecule has 0 amide bonds. The molecule has 0 aliphatic heterocycles. The maximum absolute atomic E-state index is 10.2. The van der Waals surface area contributed by atoms with Crippen molar-refractivity contribution in [3.63, 3.8) is 0 Å². The predicted molar refractivity (Wildman–Crippen MR) is 61.4 cm³/mol. The molecule has 0 aliphatic rings. The highest BCUT2D eigenvalue weighted by atomic mass is 79.9. The molecule has 0 heterocycles. The molecule has 76 valence electrons. The average Bonchev–Trinajstić information content (AvgIpc) is 2.17. The molecule has 1 rings (SSSR count). The summed E-state index contributed by atoms with van der Waals surface area (Å²) in [6, 6.07) is 8.27. The van der Waals surface area contributed by atoms with E-state index >= 15 is 0 Å². The Labute approximate surface area is 93.0 Å². The van der Waals surface area contributed by atoms with Gasteiger partial charge in [0.1, 0.15) is 6.29 Å². The lowest BCUT2D eigenvalue weighted by Gasteiger charge is -2.12. The van der Waals surface area contributed by atoms with Crippen LogP contribution in [0.2, 0.25) is 0 Å². The summed E-state index contributed by atoms with van der Waals surface area (Å²) in [6.07, 6.45) is 1.92. The third-order valence-corrected chi connectivity index (χ3v) is 2.61. The van der Waals surface area contributed by atoms with Crippen LogP contribution in [0, 0.1) is 0 Å². The molecule has 0 spiro atoms. The molecule has 0 bridgehead atoms. The van der Waals surface area contributed by atoms with Gasteiger partial charge in [-0.3, -0.25) is 4.90 Å². The number of nitrogens with zero attached hydrogens (tertiary/aromatic N) is 1. The third kappa shape index (κ3) is 4.03. The molecule has 0 radical (unpaired) electrons. The van der Waals surface area contributed by atoms with Crippen molar-refractivity contribution in [1.82, 2.24) is 4.90 Å². The number of likely N-dealkylation sites (N-methyl/N-ethyl adjacent to an activating group) is 1. The zero-order valence-corrected chi connectivity index (χ0v) is 9.83. The van der Waals surface area contributed by atoms with E-state index in [1.165, 1.54) is 5.56 Å². The minimum atomic E-state index is 0.510. The summed E-state index contributed by atoms with van der Waals surface area (Å²) in [6.45, 7) is 1.43. The lowest BCUT2D eigenvalue weighted by Crippen LogP contribution is -2.23. The highest BCUT2D eigenvalue weighted by Crippen LogP contribution is 2.10. The highest BCUT2D eigenvalue weighted by Gasteiger charge is 1.98. The van der Waals surface area contributed by atoms with Crippen molar-refractivity contribution >= 4 is 22.2 Å². The molecule has 0 unspecified atom stereocenters. The minimum absolute atomic E-state index is 0.510. The summed E-state index contributed by atoms with van der Waals surface area (Å²) in [4.78, 5) is 12.2. The number of hydrogen-bond donors (Lipinski definition) is 0. The Hall–Kier alpha value is -0.670. The molecule has 0 saturated carbocycles. The van der Waals surface area contributed by atoms with Crippen LogP contribution in [0.1, 0.15) is 5.56 Å². The number of hydrogen-bond acceptors (Lipinski definition) is 2. The molecule has 14 heavy (non-hydrogen) atoms. The van der Waals surface area contributed by atoms with Crippen LogP contribution in [0.25, 0.3) is 0 Å². The fraction of sp³-hybridized carbons (Fsp3) is 0.364. The van der Waals surface area contributed by atoms with Crippen LogP contribution in [0.5, 0.6) is 0 Å². The second-order valence-electron chi connectivity index (χ2n) is 3.31. The minimum Gasteiger partial charge on any atom is -0.302 e. The third-order valence-electron chi connectivity index (χ3n) is 2.08. The molecule has 0 aliphatic carbocycles. The van der Waals surface area contributed by atoms with Gasteiger partial charge in [0, 0.05) is 11.0 Å². The lowest BCUT2D eigenvalue weighted by atomic mass is 10.1. The lowest BCUT2D eigenvalue weighted by molar-refractivity contribution is -0.108. The molecule has 2 nitrogen and oxygen atoms in total. The normalized spacial score (nSPS) is 10.5. The Morgan fingerprint density at radius 3 is 2.57 bits per heavy atom. The number of rotatable bonds is 5. The predicted octanol–water partition coefficient (Wildman–Crippen LogP) is 2.12. The van der Waals surface area contributed by atoms with Gasteiger partial charge >= 0.3 is 0 Å². The monoisotopic (exact) mass is 255 g/mol. The summed E-state index contributed by atoms with van der Waals surface area (Å²) in [5.74, 6) is 0. The van der Waals surface area contributed by atoms with E-state index in [0.717, 1.165) is 23.7 Å². The van der Waals surface area contributed by atoms with E-state index in [2.05, 4.69) is 28.1 Å². The van der Waals surface area contributed by atoms with Gasteiger partial charge < -0.3 is 4.79 Å². The first kappa shape index (κ1) is 11.4. The fourth-order valence-electron chi connectivity index (χ4n) is 1.19. The van der Waals surface area contributed by atoms with Gasteiger partial charge in [-0.2, -0.15) is 0 Å². The van der Waals surface area contributed by atoms with Crippen molar-refractivity contribution in [1.29, 1.82) is 0 Å². The smallest absolute Gasteiger partial charge is 0.133 e. The van der Waals surface area contributed by atoms with Crippen LogP contribution >= 0.6 is 15.9 Å². The molecule has 1 aromatic carbocycles. The van der Waals surface area contributed by atoms with Gasteiger partial charge in [0.15, 0.2) is 0 Å². The van der Waals surface area contributed by atoms with Gasteiger partial charge in [-0.05, 0) is 31.2 Å². The van der Waals surface area contributed by atoms with Crippen molar-refractivity contribution in [2.24, 2.45) is 0 Å². The first-order chi connectivity index (χ1) is 6.72. The maximum atomic E-state index is 10.2. The summed E-state index contributed by atoms with van der Waals surface area (Å²) in [5.41, 5.74) is 1.30. The van der Waals surface area contributed by atoms with Crippen molar-refractivity contribution in [2.45, 2.75) is 6.42 Å². The van der Waals surface area contributed by atoms with Gasteiger partial charge in [0.2, 0.25) is 0 Å². The van der Waals surface area contributed by atoms with E-state index in [0.29, 0.717) is 6.54 Å². The average molecular weight is 256 g/mol. The first-order valence-electron chi connectivity index (χ1n) is 4.59. The second-order valence-corrected chi connectivity index (χ2v) is 4.22. The molecule has 3 heteroatoms. The van der Waals surface area contributed by atoms with E-state index in [1.54, 1.807) is 0 Å². The number of aldehydes is 1. The van der Waals surface area contributed by atoms with E-state index < -0.39 is 0 Å².